The predicted molar refractivity (Wildman–Crippen MR) is 47.4 cm³/mol. The molecule has 0 aromatic rings. The molecule has 1 aliphatic carbocycles. The number of rotatable bonds is 2. The Morgan fingerprint density at radius 2 is 2.18 bits per heavy atom. The molecule has 0 aromatic carbocycles. The van der Waals surface area contributed by atoms with Gasteiger partial charge in [0.25, 0.3) is 0 Å². The molecule has 11 heavy (non-hydrogen) atoms. The molecule has 66 valence electrons. The van der Waals surface area contributed by atoms with Crippen molar-refractivity contribution in [3.8, 4) is 0 Å². The molecule has 1 N–H and O–H groups in total. The second-order valence-electron chi connectivity index (χ2n) is 4.72. The van der Waals surface area contributed by atoms with Crippen molar-refractivity contribution in [1.82, 2.24) is 0 Å². The standard InChI is InChI=1S/C10H20O/c1-8(2)9-4-5-10(3,6-9)7-11/h8-9,11H,4-7H2,1-3H3/t9?,10-/m1/s1. The first-order chi connectivity index (χ1) is 5.07. The van der Waals surface area contributed by atoms with E-state index in [1.165, 1.54) is 19.3 Å². The minimum absolute atomic E-state index is 0.245. The number of hydrogen-bond donors (Lipinski definition) is 1. The Hall–Kier alpha value is -0.0400. The van der Waals surface area contributed by atoms with E-state index in [4.69, 9.17) is 5.11 Å². The van der Waals surface area contributed by atoms with Gasteiger partial charge in [-0.2, -0.15) is 0 Å². The Morgan fingerprint density at radius 3 is 2.45 bits per heavy atom. The van der Waals surface area contributed by atoms with Crippen LogP contribution in [0.25, 0.3) is 0 Å². The van der Waals surface area contributed by atoms with E-state index in [0.29, 0.717) is 6.61 Å². The highest BCUT2D eigenvalue weighted by Gasteiger charge is 2.35. The highest BCUT2D eigenvalue weighted by Crippen LogP contribution is 2.43. The van der Waals surface area contributed by atoms with Crippen molar-refractivity contribution >= 4 is 0 Å². The van der Waals surface area contributed by atoms with E-state index < -0.39 is 0 Å². The maximum Gasteiger partial charge on any atom is 0.0484 e. The molecule has 0 bridgehead atoms. The molecule has 1 unspecified atom stereocenters. The first-order valence-electron chi connectivity index (χ1n) is 4.68. The van der Waals surface area contributed by atoms with Crippen molar-refractivity contribution < 1.29 is 5.11 Å². The Kier molecular flexibility index (Phi) is 2.58. The summed E-state index contributed by atoms with van der Waals surface area (Å²) in [7, 11) is 0. The lowest BCUT2D eigenvalue weighted by Crippen LogP contribution is -2.17. The van der Waals surface area contributed by atoms with Gasteiger partial charge in [-0.25, -0.2) is 0 Å². The Bertz CT molecular complexity index is 131. The van der Waals surface area contributed by atoms with Crippen molar-refractivity contribution in [2.24, 2.45) is 17.3 Å². The Labute approximate surface area is 69.8 Å². The molecule has 2 atom stereocenters. The average Bonchev–Trinajstić information content (AvgIpc) is 2.33. The van der Waals surface area contributed by atoms with Gasteiger partial charge in [0.2, 0.25) is 0 Å². The quantitative estimate of drug-likeness (QED) is 0.651. The van der Waals surface area contributed by atoms with E-state index in [9.17, 15) is 0 Å². The fourth-order valence-electron chi connectivity index (χ4n) is 2.08. The zero-order chi connectivity index (χ0) is 8.48. The molecule has 0 radical (unpaired) electrons. The van der Waals surface area contributed by atoms with Crippen LogP contribution < -0.4 is 0 Å². The zero-order valence-electron chi connectivity index (χ0n) is 7.93. The molecule has 0 heterocycles. The summed E-state index contributed by atoms with van der Waals surface area (Å²) in [5.74, 6) is 1.65. The van der Waals surface area contributed by atoms with Gasteiger partial charge in [0, 0.05) is 6.61 Å². The summed E-state index contributed by atoms with van der Waals surface area (Å²) in [5.41, 5.74) is 0.245. The molecule has 1 fully saturated rings. The topological polar surface area (TPSA) is 20.2 Å². The summed E-state index contributed by atoms with van der Waals surface area (Å²) in [6.45, 7) is 7.15. The van der Waals surface area contributed by atoms with Crippen LogP contribution in [0.4, 0.5) is 0 Å². The summed E-state index contributed by atoms with van der Waals surface area (Å²) < 4.78 is 0. The van der Waals surface area contributed by atoms with E-state index in [2.05, 4.69) is 20.8 Å². The molecule has 0 aliphatic heterocycles. The van der Waals surface area contributed by atoms with Crippen LogP contribution in [0.2, 0.25) is 0 Å². The van der Waals surface area contributed by atoms with Gasteiger partial charge >= 0.3 is 0 Å². The number of hydrogen-bond acceptors (Lipinski definition) is 1. The monoisotopic (exact) mass is 156 g/mol. The lowest BCUT2D eigenvalue weighted by Gasteiger charge is -2.21. The molecule has 1 nitrogen and oxygen atoms in total. The molecule has 1 rings (SSSR count). The first-order valence-corrected chi connectivity index (χ1v) is 4.68. The SMILES string of the molecule is CC(C)C1CC[C@@](C)(CO)C1. The molecule has 1 aliphatic rings. The van der Waals surface area contributed by atoms with Crippen LogP contribution >= 0.6 is 0 Å². The van der Waals surface area contributed by atoms with E-state index >= 15 is 0 Å². The molecule has 0 spiro atoms. The summed E-state index contributed by atoms with van der Waals surface area (Å²) in [6.07, 6.45) is 3.75. The zero-order valence-corrected chi connectivity index (χ0v) is 7.93. The van der Waals surface area contributed by atoms with Crippen molar-refractivity contribution in [2.75, 3.05) is 6.61 Å². The van der Waals surface area contributed by atoms with E-state index in [0.717, 1.165) is 11.8 Å². The van der Waals surface area contributed by atoms with Gasteiger partial charge in [0.05, 0.1) is 0 Å². The molecule has 1 heteroatoms. The van der Waals surface area contributed by atoms with Crippen molar-refractivity contribution in [3.63, 3.8) is 0 Å². The third kappa shape index (κ3) is 1.96. The Morgan fingerprint density at radius 1 is 1.55 bits per heavy atom. The fraction of sp³-hybridized carbons (Fsp3) is 1.00. The van der Waals surface area contributed by atoms with Crippen LogP contribution in [-0.2, 0) is 0 Å². The van der Waals surface area contributed by atoms with Crippen LogP contribution in [0.5, 0.6) is 0 Å². The molecular formula is C10H20O. The minimum Gasteiger partial charge on any atom is -0.396 e. The smallest absolute Gasteiger partial charge is 0.0484 e. The third-order valence-electron chi connectivity index (χ3n) is 3.20. The van der Waals surface area contributed by atoms with Gasteiger partial charge < -0.3 is 5.11 Å². The second-order valence-corrected chi connectivity index (χ2v) is 4.72. The summed E-state index contributed by atoms with van der Waals surface area (Å²) >= 11 is 0. The van der Waals surface area contributed by atoms with E-state index in [1.54, 1.807) is 0 Å². The van der Waals surface area contributed by atoms with Gasteiger partial charge in [-0.1, -0.05) is 20.8 Å². The minimum atomic E-state index is 0.245. The van der Waals surface area contributed by atoms with Crippen LogP contribution in [0.3, 0.4) is 0 Å². The predicted octanol–water partition coefficient (Wildman–Crippen LogP) is 2.44. The number of aliphatic hydroxyl groups excluding tert-OH is 1. The Balaban J connectivity index is 2.46. The van der Waals surface area contributed by atoms with Crippen LogP contribution in [-0.4, -0.2) is 11.7 Å². The summed E-state index contributed by atoms with van der Waals surface area (Å²) in [4.78, 5) is 0. The molecule has 0 saturated heterocycles. The fourth-order valence-corrected chi connectivity index (χ4v) is 2.08. The van der Waals surface area contributed by atoms with Crippen molar-refractivity contribution in [3.05, 3.63) is 0 Å². The second kappa shape index (κ2) is 3.14. The van der Waals surface area contributed by atoms with Crippen molar-refractivity contribution in [1.29, 1.82) is 0 Å². The highest BCUT2D eigenvalue weighted by atomic mass is 16.3. The largest absolute Gasteiger partial charge is 0.396 e. The maximum absolute atomic E-state index is 9.12. The third-order valence-corrected chi connectivity index (χ3v) is 3.20. The van der Waals surface area contributed by atoms with E-state index in [1.807, 2.05) is 0 Å². The van der Waals surface area contributed by atoms with Crippen LogP contribution in [0.1, 0.15) is 40.0 Å². The lowest BCUT2D eigenvalue weighted by molar-refractivity contribution is 0.140. The molecule has 0 aromatic heterocycles. The molecular weight excluding hydrogens is 136 g/mol. The summed E-state index contributed by atoms with van der Waals surface area (Å²) in [6, 6.07) is 0. The van der Waals surface area contributed by atoms with E-state index in [-0.39, 0.29) is 5.41 Å². The maximum atomic E-state index is 9.12. The van der Waals surface area contributed by atoms with Crippen molar-refractivity contribution in [2.45, 2.75) is 40.0 Å². The average molecular weight is 156 g/mol. The van der Waals surface area contributed by atoms with Gasteiger partial charge in [-0.05, 0) is 36.5 Å². The van der Waals surface area contributed by atoms with Crippen LogP contribution in [0.15, 0.2) is 0 Å². The molecule has 0 amide bonds. The highest BCUT2D eigenvalue weighted by molar-refractivity contribution is 4.86. The van der Waals surface area contributed by atoms with Gasteiger partial charge in [0.1, 0.15) is 0 Å². The summed E-state index contributed by atoms with van der Waals surface area (Å²) in [5, 5.41) is 9.12. The van der Waals surface area contributed by atoms with Gasteiger partial charge in [-0.15, -0.1) is 0 Å². The van der Waals surface area contributed by atoms with Crippen LogP contribution in [0, 0.1) is 17.3 Å². The normalized spacial score (nSPS) is 38.5. The molecule has 1 saturated carbocycles. The van der Waals surface area contributed by atoms with Gasteiger partial charge in [-0.3, -0.25) is 0 Å². The first kappa shape index (κ1) is 9.05. The van der Waals surface area contributed by atoms with Gasteiger partial charge in [0.15, 0.2) is 0 Å². The lowest BCUT2D eigenvalue weighted by atomic mass is 9.86. The number of aliphatic hydroxyl groups is 1.